The van der Waals surface area contributed by atoms with E-state index >= 15 is 0 Å². The van der Waals surface area contributed by atoms with Crippen LogP contribution in [0.3, 0.4) is 0 Å². The third-order valence-electron chi connectivity index (χ3n) is 1.23. The van der Waals surface area contributed by atoms with Crippen LogP contribution >= 0.6 is 23.2 Å². The first-order valence-corrected chi connectivity index (χ1v) is 3.55. The molecule has 0 aliphatic carbocycles. The summed E-state index contributed by atoms with van der Waals surface area (Å²) in [7, 11) is 0. The minimum absolute atomic E-state index is 0.157. The van der Waals surface area contributed by atoms with Crippen LogP contribution in [0.5, 0.6) is 0 Å². The lowest BCUT2D eigenvalue weighted by atomic mass is 10.1. The molecular formula is C6H9Cl2F. The van der Waals surface area contributed by atoms with E-state index < -0.39 is 5.83 Å². The lowest BCUT2D eigenvalue weighted by Gasteiger charge is -2.03. The smallest absolute Gasteiger partial charge is 0.138 e. The van der Waals surface area contributed by atoms with Gasteiger partial charge < -0.3 is 0 Å². The van der Waals surface area contributed by atoms with Gasteiger partial charge in [0.2, 0.25) is 0 Å². The normalized spacial score (nSPS) is 13.0. The van der Waals surface area contributed by atoms with Crippen molar-refractivity contribution in [1.82, 2.24) is 0 Å². The van der Waals surface area contributed by atoms with Gasteiger partial charge in [0.05, 0.1) is 0 Å². The fraction of sp³-hybridized carbons (Fsp3) is 0.667. The predicted octanol–water partition coefficient (Wildman–Crippen LogP) is 3.65. The Kier molecular flexibility index (Phi) is 4.24. The minimum Gasteiger partial charge on any atom is -0.209 e. The molecule has 1 atom stereocenters. The van der Waals surface area contributed by atoms with Gasteiger partial charge in [-0.05, 0) is 6.42 Å². The highest BCUT2D eigenvalue weighted by molar-refractivity contribution is 6.56. The Balaban J connectivity index is 4.02. The zero-order chi connectivity index (χ0) is 7.44. The maximum absolute atomic E-state index is 12.5. The molecular weight excluding hydrogens is 162 g/mol. The summed E-state index contributed by atoms with van der Waals surface area (Å²) in [5, 5.41) is 0. The van der Waals surface area contributed by atoms with Crippen molar-refractivity contribution in [3.05, 3.63) is 10.3 Å². The third-order valence-corrected chi connectivity index (χ3v) is 1.59. The Hall–Kier alpha value is 0.250. The van der Waals surface area contributed by atoms with Crippen molar-refractivity contribution >= 4 is 23.2 Å². The van der Waals surface area contributed by atoms with Crippen molar-refractivity contribution in [2.45, 2.75) is 20.3 Å². The molecule has 0 aliphatic heterocycles. The number of hydrogen-bond donors (Lipinski definition) is 0. The maximum Gasteiger partial charge on any atom is 0.138 e. The molecule has 0 rings (SSSR count). The molecule has 0 heterocycles. The Morgan fingerprint density at radius 1 is 1.56 bits per heavy atom. The van der Waals surface area contributed by atoms with Crippen LogP contribution in [0, 0.1) is 5.92 Å². The fourth-order valence-electron chi connectivity index (χ4n) is 0.365. The highest BCUT2D eigenvalue weighted by Crippen LogP contribution is 2.24. The number of hydrogen-bond acceptors (Lipinski definition) is 0. The highest BCUT2D eigenvalue weighted by atomic mass is 35.5. The zero-order valence-corrected chi connectivity index (χ0v) is 6.93. The summed E-state index contributed by atoms with van der Waals surface area (Å²) in [5.41, 5.74) is 0. The zero-order valence-electron chi connectivity index (χ0n) is 5.42. The standard InChI is InChI=1S/C6H9Cl2F/c1-3-4(2)5(9)6(7)8/h4H,3H2,1-2H3. The molecule has 0 aromatic rings. The summed E-state index contributed by atoms with van der Waals surface area (Å²) in [6.45, 7) is 3.61. The Morgan fingerprint density at radius 2 is 2.00 bits per heavy atom. The van der Waals surface area contributed by atoms with E-state index in [2.05, 4.69) is 0 Å². The van der Waals surface area contributed by atoms with Crippen molar-refractivity contribution < 1.29 is 4.39 Å². The van der Waals surface area contributed by atoms with E-state index in [9.17, 15) is 4.39 Å². The summed E-state index contributed by atoms with van der Waals surface area (Å²) in [6.07, 6.45) is 0.717. The van der Waals surface area contributed by atoms with Gasteiger partial charge in [0.15, 0.2) is 0 Å². The largest absolute Gasteiger partial charge is 0.209 e. The van der Waals surface area contributed by atoms with Crippen LogP contribution in [-0.2, 0) is 0 Å². The molecule has 0 radical (unpaired) electrons. The van der Waals surface area contributed by atoms with Gasteiger partial charge in [0.1, 0.15) is 10.3 Å². The SMILES string of the molecule is CCC(C)C(F)=C(Cl)Cl. The summed E-state index contributed by atoms with van der Waals surface area (Å²) >= 11 is 10.3. The van der Waals surface area contributed by atoms with Crippen molar-refractivity contribution in [1.29, 1.82) is 0 Å². The minimum atomic E-state index is -0.416. The molecule has 0 saturated carbocycles. The molecule has 0 aromatic heterocycles. The van der Waals surface area contributed by atoms with Gasteiger partial charge in [-0.3, -0.25) is 0 Å². The second-order valence-corrected chi connectivity index (χ2v) is 2.87. The molecule has 0 spiro atoms. The second-order valence-electron chi connectivity index (χ2n) is 1.92. The molecule has 0 aliphatic rings. The molecule has 3 heteroatoms. The lowest BCUT2D eigenvalue weighted by molar-refractivity contribution is 0.482. The third kappa shape index (κ3) is 3.07. The predicted molar refractivity (Wildman–Crippen MR) is 39.3 cm³/mol. The average molecular weight is 171 g/mol. The Labute approximate surface area is 64.6 Å². The highest BCUT2D eigenvalue weighted by Gasteiger charge is 2.08. The molecule has 0 aromatic carbocycles. The van der Waals surface area contributed by atoms with E-state index in [4.69, 9.17) is 23.2 Å². The van der Waals surface area contributed by atoms with Gasteiger partial charge in [0.25, 0.3) is 0 Å². The van der Waals surface area contributed by atoms with Crippen LogP contribution in [0.1, 0.15) is 20.3 Å². The first-order chi connectivity index (χ1) is 4.09. The topological polar surface area (TPSA) is 0 Å². The van der Waals surface area contributed by atoms with Crippen molar-refractivity contribution in [3.8, 4) is 0 Å². The number of halogens is 3. The van der Waals surface area contributed by atoms with Gasteiger partial charge in [-0.1, -0.05) is 37.0 Å². The number of allylic oxidation sites excluding steroid dienone is 1. The Bertz CT molecular complexity index is 116. The van der Waals surface area contributed by atoms with Crippen molar-refractivity contribution in [2.24, 2.45) is 5.92 Å². The summed E-state index contributed by atoms with van der Waals surface area (Å²) in [6, 6.07) is 0. The van der Waals surface area contributed by atoms with Crippen LogP contribution in [0.4, 0.5) is 4.39 Å². The summed E-state index contributed by atoms with van der Waals surface area (Å²) < 4.78 is 12.3. The van der Waals surface area contributed by atoms with E-state index in [1.807, 2.05) is 6.92 Å². The molecule has 1 unspecified atom stereocenters. The van der Waals surface area contributed by atoms with Crippen molar-refractivity contribution in [3.63, 3.8) is 0 Å². The van der Waals surface area contributed by atoms with Crippen LogP contribution in [0.2, 0.25) is 0 Å². The van der Waals surface area contributed by atoms with Gasteiger partial charge in [-0.15, -0.1) is 0 Å². The van der Waals surface area contributed by atoms with Crippen LogP contribution in [0.25, 0.3) is 0 Å². The molecule has 0 fully saturated rings. The van der Waals surface area contributed by atoms with E-state index in [1.165, 1.54) is 0 Å². The van der Waals surface area contributed by atoms with Gasteiger partial charge in [-0.2, -0.15) is 0 Å². The lowest BCUT2D eigenvalue weighted by Crippen LogP contribution is -1.91. The van der Waals surface area contributed by atoms with E-state index in [-0.39, 0.29) is 10.4 Å². The van der Waals surface area contributed by atoms with Gasteiger partial charge in [-0.25, -0.2) is 4.39 Å². The van der Waals surface area contributed by atoms with E-state index in [1.54, 1.807) is 6.92 Å². The van der Waals surface area contributed by atoms with Crippen LogP contribution in [-0.4, -0.2) is 0 Å². The molecule has 0 N–H and O–H groups in total. The van der Waals surface area contributed by atoms with Gasteiger partial charge >= 0.3 is 0 Å². The van der Waals surface area contributed by atoms with Crippen molar-refractivity contribution in [2.75, 3.05) is 0 Å². The second kappa shape index (κ2) is 4.13. The molecule has 9 heavy (non-hydrogen) atoms. The molecule has 0 amide bonds. The summed E-state index contributed by atoms with van der Waals surface area (Å²) in [4.78, 5) is 0. The van der Waals surface area contributed by atoms with Crippen LogP contribution < -0.4 is 0 Å². The average Bonchev–Trinajstić information content (AvgIpc) is 1.84. The molecule has 0 nitrogen and oxygen atoms in total. The van der Waals surface area contributed by atoms with E-state index in [0.717, 1.165) is 6.42 Å². The quantitative estimate of drug-likeness (QED) is 0.594. The van der Waals surface area contributed by atoms with Gasteiger partial charge in [0, 0.05) is 5.92 Å². The van der Waals surface area contributed by atoms with E-state index in [0.29, 0.717) is 0 Å². The first kappa shape index (κ1) is 9.25. The Morgan fingerprint density at radius 3 is 2.11 bits per heavy atom. The molecule has 0 saturated heterocycles. The number of rotatable bonds is 2. The fourth-order valence-corrected chi connectivity index (χ4v) is 0.738. The first-order valence-electron chi connectivity index (χ1n) is 2.80. The molecule has 54 valence electrons. The maximum atomic E-state index is 12.5. The summed E-state index contributed by atoms with van der Waals surface area (Å²) in [5.74, 6) is -0.573. The monoisotopic (exact) mass is 170 g/mol. The molecule has 0 bridgehead atoms. The van der Waals surface area contributed by atoms with Crippen LogP contribution in [0.15, 0.2) is 10.3 Å².